The van der Waals surface area contributed by atoms with Gasteiger partial charge in [0.1, 0.15) is 17.0 Å². The van der Waals surface area contributed by atoms with Crippen molar-refractivity contribution in [1.29, 1.82) is 0 Å². The third-order valence-electron chi connectivity index (χ3n) is 3.78. The fraction of sp³-hybridized carbons (Fsp3) is 0.571. The van der Waals surface area contributed by atoms with Crippen LogP contribution in [0.5, 0.6) is 0 Å². The van der Waals surface area contributed by atoms with Gasteiger partial charge in [-0.1, -0.05) is 0 Å². The van der Waals surface area contributed by atoms with Crippen molar-refractivity contribution in [2.75, 3.05) is 24.6 Å². The maximum absolute atomic E-state index is 9.21. The van der Waals surface area contributed by atoms with Gasteiger partial charge in [-0.25, -0.2) is 9.97 Å². The Labute approximate surface area is 117 Å². The van der Waals surface area contributed by atoms with Crippen LogP contribution in [0, 0.1) is 0 Å². The molecule has 0 saturated carbocycles. The van der Waals surface area contributed by atoms with Crippen molar-refractivity contribution in [3.63, 3.8) is 0 Å². The number of anilines is 1. The number of hydrogen-bond donors (Lipinski definition) is 1. The Bertz CT molecular complexity index is 581. The first-order valence-corrected chi connectivity index (χ1v) is 7.77. The van der Waals surface area contributed by atoms with Crippen LogP contribution >= 0.6 is 11.3 Å². The van der Waals surface area contributed by atoms with Gasteiger partial charge in [-0.15, -0.1) is 11.3 Å². The van der Waals surface area contributed by atoms with Crippen molar-refractivity contribution in [2.24, 2.45) is 0 Å². The number of aromatic nitrogens is 2. The molecule has 4 nitrogen and oxygen atoms in total. The highest BCUT2D eigenvalue weighted by Crippen LogP contribution is 2.39. The lowest BCUT2D eigenvalue weighted by atomic mass is 9.97. The minimum absolute atomic E-state index is 0.158. The quantitative estimate of drug-likeness (QED) is 0.932. The number of aliphatic hydroxyl groups excluding tert-OH is 1. The molecule has 0 aliphatic heterocycles. The molecule has 0 radical (unpaired) electrons. The Hall–Kier alpha value is -1.20. The smallest absolute Gasteiger partial charge is 0.141 e. The molecule has 19 heavy (non-hydrogen) atoms. The number of nitrogens with zero attached hydrogens (tertiary/aromatic N) is 3. The molecule has 2 aromatic rings. The molecule has 102 valence electrons. The summed E-state index contributed by atoms with van der Waals surface area (Å²) in [7, 11) is 0. The van der Waals surface area contributed by atoms with Crippen LogP contribution in [-0.4, -0.2) is 34.8 Å². The second-order valence-electron chi connectivity index (χ2n) is 4.89. The molecule has 0 atom stereocenters. The molecule has 3 rings (SSSR count). The van der Waals surface area contributed by atoms with Crippen molar-refractivity contribution in [3.05, 3.63) is 16.8 Å². The first-order chi connectivity index (χ1) is 9.35. The molecule has 1 N–H and O–H groups in total. The monoisotopic (exact) mass is 277 g/mol. The molecule has 1 aliphatic rings. The van der Waals surface area contributed by atoms with Crippen molar-refractivity contribution in [2.45, 2.75) is 32.6 Å². The zero-order chi connectivity index (χ0) is 13.2. The maximum atomic E-state index is 9.21. The summed E-state index contributed by atoms with van der Waals surface area (Å²) in [5.74, 6) is 1.00. The van der Waals surface area contributed by atoms with Gasteiger partial charge in [0.15, 0.2) is 0 Å². The van der Waals surface area contributed by atoms with E-state index in [1.807, 2.05) is 11.3 Å². The summed E-state index contributed by atoms with van der Waals surface area (Å²) in [5, 5.41) is 10.4. The van der Waals surface area contributed by atoms with E-state index in [-0.39, 0.29) is 6.61 Å². The topological polar surface area (TPSA) is 49.2 Å². The van der Waals surface area contributed by atoms with Crippen molar-refractivity contribution in [3.8, 4) is 0 Å². The van der Waals surface area contributed by atoms with Crippen molar-refractivity contribution in [1.82, 2.24) is 9.97 Å². The van der Waals surface area contributed by atoms with E-state index in [1.165, 1.54) is 35.1 Å². The lowest BCUT2D eigenvalue weighted by Crippen LogP contribution is -2.27. The highest BCUT2D eigenvalue weighted by atomic mass is 32.1. The maximum Gasteiger partial charge on any atom is 0.141 e. The Balaban J connectivity index is 2.15. The van der Waals surface area contributed by atoms with Crippen LogP contribution in [0.2, 0.25) is 0 Å². The second-order valence-corrected chi connectivity index (χ2v) is 5.98. The predicted molar refractivity (Wildman–Crippen MR) is 79.0 cm³/mol. The number of thiophene rings is 1. The molecule has 0 spiro atoms. The highest BCUT2D eigenvalue weighted by molar-refractivity contribution is 7.19. The minimum atomic E-state index is 0.158. The third-order valence-corrected chi connectivity index (χ3v) is 4.98. The fourth-order valence-electron chi connectivity index (χ4n) is 2.85. The Morgan fingerprint density at radius 3 is 2.95 bits per heavy atom. The molecule has 0 amide bonds. The van der Waals surface area contributed by atoms with Crippen LogP contribution in [0.25, 0.3) is 10.2 Å². The number of aliphatic hydroxyl groups is 1. The Morgan fingerprint density at radius 1 is 1.32 bits per heavy atom. The van der Waals surface area contributed by atoms with E-state index < -0.39 is 0 Å². The van der Waals surface area contributed by atoms with Gasteiger partial charge in [0, 0.05) is 18.0 Å². The number of likely N-dealkylation sites (N-methyl/N-ethyl adjacent to an activating group) is 1. The zero-order valence-electron chi connectivity index (χ0n) is 11.2. The van der Waals surface area contributed by atoms with Gasteiger partial charge in [-0.05, 0) is 38.2 Å². The summed E-state index contributed by atoms with van der Waals surface area (Å²) >= 11 is 1.82. The largest absolute Gasteiger partial charge is 0.395 e. The van der Waals surface area contributed by atoms with E-state index in [9.17, 15) is 5.11 Å². The average Bonchev–Trinajstić information content (AvgIpc) is 2.83. The fourth-order valence-corrected chi connectivity index (χ4v) is 4.07. The molecule has 0 bridgehead atoms. The first kappa shape index (κ1) is 12.8. The van der Waals surface area contributed by atoms with Crippen LogP contribution in [0.15, 0.2) is 6.33 Å². The van der Waals surface area contributed by atoms with Gasteiger partial charge < -0.3 is 10.0 Å². The molecule has 0 fully saturated rings. The molecule has 1 aliphatic carbocycles. The van der Waals surface area contributed by atoms with Crippen LogP contribution in [0.4, 0.5) is 5.82 Å². The van der Waals surface area contributed by atoms with Gasteiger partial charge in [0.2, 0.25) is 0 Å². The molecule has 0 aromatic carbocycles. The van der Waals surface area contributed by atoms with Gasteiger partial charge in [0.05, 0.1) is 12.0 Å². The van der Waals surface area contributed by atoms with Gasteiger partial charge >= 0.3 is 0 Å². The van der Waals surface area contributed by atoms with E-state index >= 15 is 0 Å². The first-order valence-electron chi connectivity index (χ1n) is 6.96. The highest BCUT2D eigenvalue weighted by Gasteiger charge is 2.21. The van der Waals surface area contributed by atoms with E-state index in [4.69, 9.17) is 0 Å². The zero-order valence-corrected chi connectivity index (χ0v) is 12.0. The van der Waals surface area contributed by atoms with Gasteiger partial charge in [-0.2, -0.15) is 0 Å². The van der Waals surface area contributed by atoms with E-state index in [2.05, 4.69) is 21.8 Å². The van der Waals surface area contributed by atoms with Crippen molar-refractivity contribution < 1.29 is 5.11 Å². The van der Waals surface area contributed by atoms with Gasteiger partial charge in [-0.3, -0.25) is 0 Å². The predicted octanol–water partition coefficient (Wildman–Crippen LogP) is 2.39. The average molecular weight is 277 g/mol. The number of aryl methyl sites for hydroxylation is 2. The molecule has 5 heteroatoms. The molecule has 0 saturated heterocycles. The van der Waals surface area contributed by atoms with Crippen molar-refractivity contribution >= 4 is 27.4 Å². The molecular weight excluding hydrogens is 258 g/mol. The summed E-state index contributed by atoms with van der Waals surface area (Å²) in [6.07, 6.45) is 6.53. The normalized spacial score (nSPS) is 14.6. The number of fused-ring (bicyclic) bond motifs is 3. The summed E-state index contributed by atoms with van der Waals surface area (Å²) in [4.78, 5) is 13.7. The van der Waals surface area contributed by atoms with Crippen LogP contribution < -0.4 is 4.90 Å². The molecule has 0 unspecified atom stereocenters. The van der Waals surface area contributed by atoms with E-state index in [0.29, 0.717) is 6.54 Å². The Kier molecular flexibility index (Phi) is 3.66. The summed E-state index contributed by atoms with van der Waals surface area (Å²) in [6.45, 7) is 3.75. The van der Waals surface area contributed by atoms with Crippen LogP contribution in [0.3, 0.4) is 0 Å². The lowest BCUT2D eigenvalue weighted by Gasteiger charge is -2.22. The molecule has 2 aromatic heterocycles. The minimum Gasteiger partial charge on any atom is -0.395 e. The third kappa shape index (κ3) is 2.21. The summed E-state index contributed by atoms with van der Waals surface area (Å²) < 4.78 is 0. The Morgan fingerprint density at radius 2 is 2.16 bits per heavy atom. The summed E-state index contributed by atoms with van der Waals surface area (Å²) in [6, 6.07) is 0. The van der Waals surface area contributed by atoms with E-state index in [1.54, 1.807) is 6.33 Å². The van der Waals surface area contributed by atoms with Crippen LogP contribution in [-0.2, 0) is 12.8 Å². The molecule has 2 heterocycles. The number of rotatable bonds is 4. The second kappa shape index (κ2) is 5.43. The molecular formula is C14H19N3OS. The van der Waals surface area contributed by atoms with E-state index in [0.717, 1.165) is 23.6 Å². The standard InChI is InChI=1S/C14H19N3OS/c1-2-17(7-8-18)13-12-10-5-3-4-6-11(10)19-14(12)16-9-15-13/h9,18H,2-8H2,1H3. The van der Waals surface area contributed by atoms with Gasteiger partial charge in [0.25, 0.3) is 0 Å². The lowest BCUT2D eigenvalue weighted by molar-refractivity contribution is 0.302. The number of hydrogen-bond acceptors (Lipinski definition) is 5. The SMILES string of the molecule is CCN(CCO)c1ncnc2sc3c(c12)CCCC3. The van der Waals surface area contributed by atoms with Crippen LogP contribution in [0.1, 0.15) is 30.2 Å². The summed E-state index contributed by atoms with van der Waals surface area (Å²) in [5.41, 5.74) is 1.46.